The molecular weight excluding hydrogens is 406 g/mol. The number of aliphatic hydroxyl groups excluding tert-OH is 1. The monoisotopic (exact) mass is 435 g/mol. The van der Waals surface area contributed by atoms with Crippen LogP contribution in [0.2, 0.25) is 0 Å². The molecule has 0 aromatic heterocycles. The van der Waals surface area contributed by atoms with Crippen molar-refractivity contribution in [1.29, 1.82) is 0 Å². The summed E-state index contributed by atoms with van der Waals surface area (Å²) in [5.41, 5.74) is 2.63. The van der Waals surface area contributed by atoms with E-state index in [-0.39, 0.29) is 6.61 Å². The minimum absolute atomic E-state index is 0.193. The SMILES string of the molecule is CCOC(=O)[C@H](O)[C@H](c1ccccc1)N(Cc1ccc(OC)cc1)c1ccc(OC)cc1. The fourth-order valence-corrected chi connectivity index (χ4v) is 3.59. The number of benzene rings is 3. The molecule has 0 aliphatic rings. The first-order valence-electron chi connectivity index (χ1n) is 10.5. The second kappa shape index (κ2) is 11.2. The molecule has 32 heavy (non-hydrogen) atoms. The highest BCUT2D eigenvalue weighted by atomic mass is 16.5. The van der Waals surface area contributed by atoms with Crippen molar-refractivity contribution in [2.45, 2.75) is 25.6 Å². The molecule has 0 spiro atoms. The molecule has 0 radical (unpaired) electrons. The van der Waals surface area contributed by atoms with Crippen molar-refractivity contribution in [2.24, 2.45) is 0 Å². The first-order valence-corrected chi connectivity index (χ1v) is 10.5. The van der Waals surface area contributed by atoms with Crippen molar-refractivity contribution in [1.82, 2.24) is 0 Å². The van der Waals surface area contributed by atoms with Crippen LogP contribution in [0, 0.1) is 0 Å². The molecule has 2 atom stereocenters. The van der Waals surface area contributed by atoms with E-state index in [2.05, 4.69) is 0 Å². The summed E-state index contributed by atoms with van der Waals surface area (Å²) in [6.07, 6.45) is -1.38. The molecule has 0 bridgehead atoms. The highest BCUT2D eigenvalue weighted by Crippen LogP contribution is 2.33. The topological polar surface area (TPSA) is 68.2 Å². The second-order valence-electron chi connectivity index (χ2n) is 7.23. The summed E-state index contributed by atoms with van der Waals surface area (Å²) >= 11 is 0. The molecule has 6 nitrogen and oxygen atoms in total. The van der Waals surface area contributed by atoms with Crippen LogP contribution in [-0.2, 0) is 16.1 Å². The molecule has 3 aromatic carbocycles. The highest BCUT2D eigenvalue weighted by molar-refractivity contribution is 5.76. The van der Waals surface area contributed by atoms with Crippen LogP contribution in [0.4, 0.5) is 5.69 Å². The van der Waals surface area contributed by atoms with Gasteiger partial charge in [0.15, 0.2) is 6.10 Å². The van der Waals surface area contributed by atoms with E-state index < -0.39 is 18.1 Å². The molecule has 0 aliphatic heterocycles. The third kappa shape index (κ3) is 5.59. The maximum absolute atomic E-state index is 12.6. The number of aliphatic hydroxyl groups is 1. The Bertz CT molecular complexity index is 973. The average molecular weight is 436 g/mol. The molecular formula is C26H29NO5. The van der Waals surface area contributed by atoms with Gasteiger partial charge in [0.25, 0.3) is 0 Å². The summed E-state index contributed by atoms with van der Waals surface area (Å²) < 4.78 is 15.7. The van der Waals surface area contributed by atoms with Crippen molar-refractivity contribution in [3.63, 3.8) is 0 Å². The van der Waals surface area contributed by atoms with E-state index in [9.17, 15) is 9.90 Å². The minimum atomic E-state index is -1.38. The van der Waals surface area contributed by atoms with Gasteiger partial charge < -0.3 is 24.2 Å². The van der Waals surface area contributed by atoms with Gasteiger partial charge in [-0.2, -0.15) is 0 Å². The quantitative estimate of drug-likeness (QED) is 0.477. The van der Waals surface area contributed by atoms with Gasteiger partial charge in [0.2, 0.25) is 0 Å². The second-order valence-corrected chi connectivity index (χ2v) is 7.23. The van der Waals surface area contributed by atoms with Crippen LogP contribution in [0.1, 0.15) is 24.1 Å². The minimum Gasteiger partial charge on any atom is -0.497 e. The van der Waals surface area contributed by atoms with Crippen molar-refractivity contribution < 1.29 is 24.1 Å². The Morgan fingerprint density at radius 3 is 1.97 bits per heavy atom. The number of carbonyl (C=O) groups excluding carboxylic acids is 1. The van der Waals surface area contributed by atoms with E-state index in [4.69, 9.17) is 14.2 Å². The van der Waals surface area contributed by atoms with Crippen LogP contribution in [0.25, 0.3) is 0 Å². The molecule has 0 unspecified atom stereocenters. The molecule has 1 N–H and O–H groups in total. The van der Waals surface area contributed by atoms with Gasteiger partial charge in [-0.15, -0.1) is 0 Å². The van der Waals surface area contributed by atoms with Gasteiger partial charge in [0.05, 0.1) is 26.9 Å². The number of anilines is 1. The van der Waals surface area contributed by atoms with Gasteiger partial charge in [-0.1, -0.05) is 42.5 Å². The van der Waals surface area contributed by atoms with Gasteiger partial charge in [-0.05, 0) is 54.4 Å². The zero-order valence-corrected chi connectivity index (χ0v) is 18.6. The Labute approximate surface area is 189 Å². The van der Waals surface area contributed by atoms with Gasteiger partial charge in [0.1, 0.15) is 11.5 Å². The molecule has 0 aliphatic carbocycles. The van der Waals surface area contributed by atoms with Crippen LogP contribution in [0.15, 0.2) is 78.9 Å². The summed E-state index contributed by atoms with van der Waals surface area (Å²) in [4.78, 5) is 14.6. The van der Waals surface area contributed by atoms with Gasteiger partial charge in [-0.25, -0.2) is 4.79 Å². The summed E-state index contributed by atoms with van der Waals surface area (Å²) in [5.74, 6) is 0.825. The van der Waals surface area contributed by atoms with Gasteiger partial charge in [-0.3, -0.25) is 0 Å². The Morgan fingerprint density at radius 1 is 0.875 bits per heavy atom. The lowest BCUT2D eigenvalue weighted by molar-refractivity contribution is -0.154. The van der Waals surface area contributed by atoms with Crippen LogP contribution < -0.4 is 14.4 Å². The van der Waals surface area contributed by atoms with E-state index in [1.165, 1.54) is 0 Å². The van der Waals surface area contributed by atoms with Crippen LogP contribution in [0.5, 0.6) is 11.5 Å². The lowest BCUT2D eigenvalue weighted by Gasteiger charge is -2.36. The van der Waals surface area contributed by atoms with Crippen LogP contribution in [0.3, 0.4) is 0 Å². The predicted octanol–water partition coefficient (Wildman–Crippen LogP) is 4.38. The fourth-order valence-electron chi connectivity index (χ4n) is 3.59. The van der Waals surface area contributed by atoms with Gasteiger partial charge in [0, 0.05) is 12.2 Å². The lowest BCUT2D eigenvalue weighted by atomic mass is 9.97. The smallest absolute Gasteiger partial charge is 0.337 e. The zero-order valence-electron chi connectivity index (χ0n) is 18.6. The number of nitrogens with zero attached hydrogens (tertiary/aromatic N) is 1. The van der Waals surface area contributed by atoms with E-state index in [1.807, 2.05) is 83.8 Å². The third-order valence-electron chi connectivity index (χ3n) is 5.22. The number of hydrogen-bond donors (Lipinski definition) is 1. The molecule has 0 saturated carbocycles. The van der Waals surface area contributed by atoms with Gasteiger partial charge >= 0.3 is 5.97 Å². The van der Waals surface area contributed by atoms with Crippen molar-refractivity contribution in [3.05, 3.63) is 90.0 Å². The number of carbonyl (C=O) groups is 1. The third-order valence-corrected chi connectivity index (χ3v) is 5.22. The normalized spacial score (nSPS) is 12.5. The molecule has 3 rings (SSSR count). The molecule has 3 aromatic rings. The van der Waals surface area contributed by atoms with Crippen LogP contribution in [-0.4, -0.2) is 38.0 Å². The first-order chi connectivity index (χ1) is 15.6. The largest absolute Gasteiger partial charge is 0.497 e. The zero-order chi connectivity index (χ0) is 22.9. The lowest BCUT2D eigenvalue weighted by Crippen LogP contribution is -2.41. The number of ether oxygens (including phenoxy) is 3. The Kier molecular flexibility index (Phi) is 8.11. The van der Waals surface area contributed by atoms with E-state index in [0.717, 1.165) is 28.3 Å². The summed E-state index contributed by atoms with van der Waals surface area (Å²) in [6, 6.07) is 24.1. The maximum Gasteiger partial charge on any atom is 0.337 e. The first kappa shape index (κ1) is 23.2. The van der Waals surface area contributed by atoms with Crippen molar-refractivity contribution >= 4 is 11.7 Å². The maximum atomic E-state index is 12.6. The molecule has 0 fully saturated rings. The highest BCUT2D eigenvalue weighted by Gasteiger charge is 2.34. The number of esters is 1. The predicted molar refractivity (Wildman–Crippen MR) is 124 cm³/mol. The number of methoxy groups -OCH3 is 2. The Morgan fingerprint density at radius 2 is 1.44 bits per heavy atom. The number of rotatable bonds is 10. The molecule has 6 heteroatoms. The van der Waals surface area contributed by atoms with E-state index in [1.54, 1.807) is 21.1 Å². The summed E-state index contributed by atoms with van der Waals surface area (Å²) in [5, 5.41) is 11.1. The van der Waals surface area contributed by atoms with E-state index >= 15 is 0 Å². The van der Waals surface area contributed by atoms with Crippen molar-refractivity contribution in [3.8, 4) is 11.5 Å². The summed E-state index contributed by atoms with van der Waals surface area (Å²) in [7, 11) is 3.24. The van der Waals surface area contributed by atoms with Crippen LogP contribution >= 0.6 is 0 Å². The number of hydrogen-bond acceptors (Lipinski definition) is 6. The molecule has 0 heterocycles. The summed E-state index contributed by atoms with van der Waals surface area (Å²) in [6.45, 7) is 2.37. The average Bonchev–Trinajstić information content (AvgIpc) is 2.85. The Hall–Kier alpha value is -3.51. The Balaban J connectivity index is 2.07. The van der Waals surface area contributed by atoms with Crippen molar-refractivity contribution in [2.75, 3.05) is 25.7 Å². The molecule has 168 valence electrons. The standard InChI is InChI=1S/C26H29NO5/c1-4-32-26(29)25(28)24(20-8-6-5-7-9-20)27(21-12-16-23(31-3)17-13-21)18-19-10-14-22(30-2)15-11-19/h5-17,24-25,28H,4,18H2,1-3H3/t24-,25+/m0/s1. The fraction of sp³-hybridized carbons (Fsp3) is 0.269. The van der Waals surface area contributed by atoms with E-state index in [0.29, 0.717) is 6.54 Å². The molecule has 0 amide bonds. The molecule has 0 saturated heterocycles.